The maximum absolute atomic E-state index is 11.6. The summed E-state index contributed by atoms with van der Waals surface area (Å²) >= 11 is 1.86. The Bertz CT molecular complexity index is 292. The summed E-state index contributed by atoms with van der Waals surface area (Å²) in [6.45, 7) is 3.86. The second kappa shape index (κ2) is 6.14. The summed E-state index contributed by atoms with van der Waals surface area (Å²) < 4.78 is 0. The molecule has 0 aromatic carbocycles. The van der Waals surface area contributed by atoms with Crippen molar-refractivity contribution < 1.29 is 14.7 Å². The van der Waals surface area contributed by atoms with Gasteiger partial charge < -0.3 is 15.7 Å². The minimum Gasteiger partial charge on any atom is -0.480 e. The zero-order valence-corrected chi connectivity index (χ0v) is 11.1. The van der Waals surface area contributed by atoms with E-state index < -0.39 is 17.5 Å². The van der Waals surface area contributed by atoms with Crippen molar-refractivity contribution in [3.63, 3.8) is 0 Å². The van der Waals surface area contributed by atoms with Crippen molar-refractivity contribution in [1.29, 1.82) is 0 Å². The third-order valence-electron chi connectivity index (χ3n) is 3.08. The standard InChI is InChI=1S/C11H20N2O3S/c1-3-11(2,9(14)15)13-10(16)12-7-8-5-4-6-17-8/h8H,3-7H2,1-2H3,(H,14,15)(H2,12,13,16). The summed E-state index contributed by atoms with van der Waals surface area (Å²) in [7, 11) is 0. The van der Waals surface area contributed by atoms with Gasteiger partial charge in [-0.05, 0) is 31.9 Å². The van der Waals surface area contributed by atoms with E-state index in [2.05, 4.69) is 10.6 Å². The molecule has 0 aromatic rings. The molecule has 0 saturated carbocycles. The highest BCUT2D eigenvalue weighted by Gasteiger charge is 2.32. The fraction of sp³-hybridized carbons (Fsp3) is 0.818. The van der Waals surface area contributed by atoms with E-state index in [0.717, 1.165) is 12.2 Å². The smallest absolute Gasteiger partial charge is 0.329 e. The van der Waals surface area contributed by atoms with Crippen LogP contribution in [-0.2, 0) is 4.79 Å². The molecule has 2 atom stereocenters. The third-order valence-corrected chi connectivity index (χ3v) is 4.48. The van der Waals surface area contributed by atoms with Gasteiger partial charge in [-0.2, -0.15) is 11.8 Å². The van der Waals surface area contributed by atoms with Crippen LogP contribution >= 0.6 is 11.8 Å². The largest absolute Gasteiger partial charge is 0.480 e. The minimum atomic E-state index is -1.19. The number of urea groups is 1. The average molecular weight is 260 g/mol. The molecule has 6 heteroatoms. The highest BCUT2D eigenvalue weighted by Crippen LogP contribution is 2.25. The maximum Gasteiger partial charge on any atom is 0.329 e. The van der Waals surface area contributed by atoms with Crippen LogP contribution in [0.1, 0.15) is 33.1 Å². The quantitative estimate of drug-likeness (QED) is 0.699. The molecule has 1 fully saturated rings. The van der Waals surface area contributed by atoms with Crippen LogP contribution in [0, 0.1) is 0 Å². The Morgan fingerprint density at radius 1 is 1.53 bits per heavy atom. The normalized spacial score (nSPS) is 22.8. The molecule has 17 heavy (non-hydrogen) atoms. The molecule has 1 saturated heterocycles. The van der Waals surface area contributed by atoms with Gasteiger partial charge in [0.2, 0.25) is 0 Å². The number of hydrogen-bond acceptors (Lipinski definition) is 3. The number of rotatable bonds is 5. The predicted octanol–water partition coefficient (Wildman–Crippen LogP) is 1.43. The predicted molar refractivity (Wildman–Crippen MR) is 68.3 cm³/mol. The number of carboxylic acid groups (broad SMARTS) is 1. The van der Waals surface area contributed by atoms with E-state index in [0.29, 0.717) is 18.2 Å². The number of carbonyl (C=O) groups is 2. The van der Waals surface area contributed by atoms with Gasteiger partial charge in [-0.25, -0.2) is 9.59 Å². The zero-order chi connectivity index (χ0) is 12.9. The number of amides is 2. The van der Waals surface area contributed by atoms with Crippen LogP contribution in [0.2, 0.25) is 0 Å². The molecule has 1 rings (SSSR count). The molecule has 2 amide bonds. The van der Waals surface area contributed by atoms with Crippen LogP contribution in [0.15, 0.2) is 0 Å². The number of thioether (sulfide) groups is 1. The van der Waals surface area contributed by atoms with Crippen LogP contribution in [0.25, 0.3) is 0 Å². The molecular formula is C11H20N2O3S. The van der Waals surface area contributed by atoms with E-state index in [4.69, 9.17) is 5.11 Å². The first-order valence-corrected chi connectivity index (χ1v) is 6.94. The third kappa shape index (κ3) is 4.11. The van der Waals surface area contributed by atoms with Crippen molar-refractivity contribution in [2.24, 2.45) is 0 Å². The van der Waals surface area contributed by atoms with Gasteiger partial charge in [-0.1, -0.05) is 6.92 Å². The molecule has 0 bridgehead atoms. The number of carbonyl (C=O) groups excluding carboxylic acids is 1. The lowest BCUT2D eigenvalue weighted by Gasteiger charge is -2.25. The Hall–Kier alpha value is -0.910. The fourth-order valence-corrected chi connectivity index (χ4v) is 2.80. The van der Waals surface area contributed by atoms with Gasteiger partial charge in [0.05, 0.1) is 0 Å². The molecule has 1 aliphatic heterocycles. The molecule has 98 valence electrons. The Kier molecular flexibility index (Phi) is 5.11. The van der Waals surface area contributed by atoms with Crippen molar-refractivity contribution in [3.8, 4) is 0 Å². The van der Waals surface area contributed by atoms with Crippen LogP contribution < -0.4 is 10.6 Å². The Morgan fingerprint density at radius 3 is 2.71 bits per heavy atom. The molecular weight excluding hydrogens is 240 g/mol. The first kappa shape index (κ1) is 14.2. The summed E-state index contributed by atoms with van der Waals surface area (Å²) in [4.78, 5) is 22.6. The van der Waals surface area contributed by atoms with E-state index >= 15 is 0 Å². The first-order chi connectivity index (χ1) is 7.98. The van der Waals surface area contributed by atoms with E-state index in [1.54, 1.807) is 6.92 Å². The van der Waals surface area contributed by atoms with Gasteiger partial charge in [0.25, 0.3) is 0 Å². The van der Waals surface area contributed by atoms with Crippen LogP contribution in [0.4, 0.5) is 4.79 Å². The summed E-state index contributed by atoms with van der Waals surface area (Å²) in [5, 5.41) is 14.7. The second-order valence-electron chi connectivity index (χ2n) is 4.46. The van der Waals surface area contributed by atoms with Crippen LogP contribution in [0.5, 0.6) is 0 Å². The molecule has 3 N–H and O–H groups in total. The Balaban J connectivity index is 2.34. The molecule has 0 spiro atoms. The SMILES string of the molecule is CCC(C)(NC(=O)NCC1CCCS1)C(=O)O. The number of hydrogen-bond donors (Lipinski definition) is 3. The summed E-state index contributed by atoms with van der Waals surface area (Å²) in [6, 6.07) is -0.399. The lowest BCUT2D eigenvalue weighted by Crippen LogP contribution is -2.55. The lowest BCUT2D eigenvalue weighted by molar-refractivity contribution is -0.143. The topological polar surface area (TPSA) is 78.4 Å². The van der Waals surface area contributed by atoms with E-state index in [-0.39, 0.29) is 0 Å². The fourth-order valence-electron chi connectivity index (χ4n) is 1.60. The molecule has 1 heterocycles. The number of aliphatic carboxylic acids is 1. The second-order valence-corrected chi connectivity index (χ2v) is 5.87. The van der Waals surface area contributed by atoms with Gasteiger partial charge in [-0.3, -0.25) is 0 Å². The monoisotopic (exact) mass is 260 g/mol. The van der Waals surface area contributed by atoms with E-state index in [1.165, 1.54) is 13.3 Å². The van der Waals surface area contributed by atoms with Gasteiger partial charge in [-0.15, -0.1) is 0 Å². The molecule has 2 unspecified atom stereocenters. The van der Waals surface area contributed by atoms with Gasteiger partial charge in [0.15, 0.2) is 0 Å². The molecule has 5 nitrogen and oxygen atoms in total. The number of nitrogens with one attached hydrogen (secondary N) is 2. The summed E-state index contributed by atoms with van der Waals surface area (Å²) in [5.74, 6) is 0.140. The Labute approximate surface area is 106 Å². The maximum atomic E-state index is 11.6. The summed E-state index contributed by atoms with van der Waals surface area (Å²) in [6.07, 6.45) is 2.67. The number of carboxylic acids is 1. The van der Waals surface area contributed by atoms with Crippen molar-refractivity contribution >= 4 is 23.8 Å². The van der Waals surface area contributed by atoms with Crippen molar-refractivity contribution in [1.82, 2.24) is 10.6 Å². The first-order valence-electron chi connectivity index (χ1n) is 5.89. The van der Waals surface area contributed by atoms with Crippen LogP contribution in [0.3, 0.4) is 0 Å². The van der Waals surface area contributed by atoms with Gasteiger partial charge in [0.1, 0.15) is 5.54 Å². The van der Waals surface area contributed by atoms with Crippen LogP contribution in [-0.4, -0.2) is 40.2 Å². The highest BCUT2D eigenvalue weighted by molar-refractivity contribution is 8.00. The lowest BCUT2D eigenvalue weighted by atomic mass is 10.00. The van der Waals surface area contributed by atoms with Crippen molar-refractivity contribution in [2.75, 3.05) is 12.3 Å². The highest BCUT2D eigenvalue weighted by atomic mass is 32.2. The van der Waals surface area contributed by atoms with E-state index in [9.17, 15) is 9.59 Å². The molecule has 0 aromatic heterocycles. The molecule has 0 radical (unpaired) electrons. The average Bonchev–Trinajstić information content (AvgIpc) is 2.78. The zero-order valence-electron chi connectivity index (χ0n) is 10.3. The van der Waals surface area contributed by atoms with Gasteiger partial charge in [0, 0.05) is 11.8 Å². The summed E-state index contributed by atoms with van der Waals surface area (Å²) in [5.41, 5.74) is -1.19. The van der Waals surface area contributed by atoms with Gasteiger partial charge >= 0.3 is 12.0 Å². The van der Waals surface area contributed by atoms with E-state index in [1.807, 2.05) is 11.8 Å². The molecule has 1 aliphatic rings. The molecule has 0 aliphatic carbocycles. The Morgan fingerprint density at radius 2 is 2.24 bits per heavy atom. The minimum absolute atomic E-state index is 0.355. The van der Waals surface area contributed by atoms with Crippen molar-refractivity contribution in [3.05, 3.63) is 0 Å². The van der Waals surface area contributed by atoms with Crippen molar-refractivity contribution in [2.45, 2.75) is 43.9 Å².